The molecule has 1 aliphatic heterocycles. The topological polar surface area (TPSA) is 18.1 Å². The second-order valence-electron chi connectivity index (χ2n) is 5.03. The third-order valence-corrected chi connectivity index (χ3v) is 4.63. The van der Waals surface area contributed by atoms with Crippen molar-refractivity contribution in [2.75, 3.05) is 45.9 Å². The van der Waals surface area contributed by atoms with Crippen LogP contribution >= 0.6 is 27.5 Å². The summed E-state index contributed by atoms with van der Waals surface area (Å²) in [5, 5.41) is 0.725. The summed E-state index contributed by atoms with van der Waals surface area (Å²) in [6.07, 6.45) is 0. The smallest absolute Gasteiger partial charge is 0.137 e. The van der Waals surface area contributed by atoms with E-state index in [0.29, 0.717) is 0 Å². The van der Waals surface area contributed by atoms with Crippen molar-refractivity contribution in [3.63, 3.8) is 0 Å². The van der Waals surface area contributed by atoms with E-state index >= 15 is 0 Å². The van der Waals surface area contributed by atoms with Gasteiger partial charge in [-0.15, -0.1) is 0 Å². The highest BCUT2D eigenvalue weighted by molar-refractivity contribution is 9.10. The number of quaternary nitrogens is 2. The summed E-state index contributed by atoms with van der Waals surface area (Å²) < 4.78 is 6.74. The lowest BCUT2D eigenvalue weighted by atomic mass is 10.3. The van der Waals surface area contributed by atoms with Crippen LogP contribution in [-0.2, 0) is 0 Å². The molecule has 0 unspecified atom stereocenters. The molecule has 0 aromatic heterocycles. The van der Waals surface area contributed by atoms with Crippen LogP contribution in [0, 0.1) is 0 Å². The molecule has 0 atom stereocenters. The van der Waals surface area contributed by atoms with E-state index in [4.69, 9.17) is 16.3 Å². The molecule has 1 heterocycles. The van der Waals surface area contributed by atoms with Gasteiger partial charge >= 0.3 is 0 Å². The SMILES string of the molecule is CC[NH+]1CC[NH+](CCOc2ccc(Cl)cc2Br)CC1. The van der Waals surface area contributed by atoms with Gasteiger partial charge in [0.05, 0.1) is 11.0 Å². The molecule has 106 valence electrons. The molecule has 0 aliphatic carbocycles. The summed E-state index contributed by atoms with van der Waals surface area (Å²) >= 11 is 9.38. The number of ether oxygens (including phenoxy) is 1. The van der Waals surface area contributed by atoms with Gasteiger partial charge in [0.2, 0.25) is 0 Å². The lowest BCUT2D eigenvalue weighted by Crippen LogP contribution is -3.28. The maximum Gasteiger partial charge on any atom is 0.137 e. The van der Waals surface area contributed by atoms with Gasteiger partial charge in [-0.25, -0.2) is 0 Å². The zero-order valence-electron chi connectivity index (χ0n) is 11.3. The Balaban J connectivity index is 1.72. The minimum atomic E-state index is 0.725. The molecule has 0 amide bonds. The van der Waals surface area contributed by atoms with Crippen LogP contribution in [0.2, 0.25) is 5.02 Å². The molecule has 1 fully saturated rings. The largest absolute Gasteiger partial charge is 0.487 e. The Bertz CT molecular complexity index is 408. The van der Waals surface area contributed by atoms with Gasteiger partial charge in [-0.2, -0.15) is 0 Å². The second-order valence-corrected chi connectivity index (χ2v) is 6.32. The molecule has 0 spiro atoms. The van der Waals surface area contributed by atoms with Gasteiger partial charge < -0.3 is 14.5 Å². The summed E-state index contributed by atoms with van der Waals surface area (Å²) in [5.41, 5.74) is 0. The summed E-state index contributed by atoms with van der Waals surface area (Å²) in [7, 11) is 0. The zero-order chi connectivity index (χ0) is 13.7. The van der Waals surface area contributed by atoms with Crippen LogP contribution in [0.3, 0.4) is 0 Å². The molecule has 2 N–H and O–H groups in total. The van der Waals surface area contributed by atoms with Crippen molar-refractivity contribution in [3.8, 4) is 5.75 Å². The van der Waals surface area contributed by atoms with Gasteiger partial charge in [0, 0.05) is 5.02 Å². The summed E-state index contributed by atoms with van der Waals surface area (Å²) in [5.74, 6) is 0.876. The number of rotatable bonds is 5. The molecule has 1 saturated heterocycles. The van der Waals surface area contributed by atoms with Crippen LogP contribution in [0.1, 0.15) is 6.92 Å². The molecule has 1 aromatic carbocycles. The molecule has 3 nitrogen and oxygen atoms in total. The molecule has 19 heavy (non-hydrogen) atoms. The fraction of sp³-hybridized carbons (Fsp3) is 0.571. The predicted molar refractivity (Wildman–Crippen MR) is 81.4 cm³/mol. The van der Waals surface area contributed by atoms with Crippen LogP contribution in [0.5, 0.6) is 5.75 Å². The Hall–Kier alpha value is -0.290. The average Bonchev–Trinajstić information content (AvgIpc) is 2.42. The average molecular weight is 350 g/mol. The molecule has 1 aliphatic rings. The maximum absolute atomic E-state index is 5.91. The van der Waals surface area contributed by atoms with Crippen molar-refractivity contribution in [2.24, 2.45) is 0 Å². The first kappa shape index (κ1) is 15.1. The van der Waals surface area contributed by atoms with Crippen LogP contribution in [0.15, 0.2) is 22.7 Å². The van der Waals surface area contributed by atoms with Gasteiger partial charge in [-0.05, 0) is 41.1 Å². The Kier molecular flexibility index (Phi) is 5.95. The van der Waals surface area contributed by atoms with Crippen LogP contribution in [0.25, 0.3) is 0 Å². The molecule has 5 heteroatoms. The van der Waals surface area contributed by atoms with Gasteiger partial charge in [0.15, 0.2) is 0 Å². The Morgan fingerprint density at radius 2 is 1.89 bits per heavy atom. The number of likely N-dealkylation sites (N-methyl/N-ethyl adjacent to an activating group) is 1. The zero-order valence-corrected chi connectivity index (χ0v) is 13.7. The van der Waals surface area contributed by atoms with Crippen LogP contribution in [-0.4, -0.2) is 45.9 Å². The van der Waals surface area contributed by atoms with Crippen LogP contribution < -0.4 is 14.5 Å². The maximum atomic E-state index is 5.91. The quantitative estimate of drug-likeness (QED) is 0.782. The third-order valence-electron chi connectivity index (χ3n) is 3.77. The minimum absolute atomic E-state index is 0.725. The van der Waals surface area contributed by atoms with E-state index in [-0.39, 0.29) is 0 Å². The first-order valence-electron chi connectivity index (χ1n) is 6.94. The molecular weight excluding hydrogens is 328 g/mol. The number of halogens is 2. The lowest BCUT2D eigenvalue weighted by Gasteiger charge is -2.28. The lowest BCUT2D eigenvalue weighted by molar-refractivity contribution is -1.01. The third kappa shape index (κ3) is 4.63. The Morgan fingerprint density at radius 1 is 1.21 bits per heavy atom. The monoisotopic (exact) mass is 348 g/mol. The minimum Gasteiger partial charge on any atom is -0.487 e. The highest BCUT2D eigenvalue weighted by atomic mass is 79.9. The summed E-state index contributed by atoms with van der Waals surface area (Å²) in [6.45, 7) is 10.4. The van der Waals surface area contributed by atoms with Gasteiger partial charge in [-0.1, -0.05) is 11.6 Å². The van der Waals surface area contributed by atoms with Gasteiger partial charge in [0.25, 0.3) is 0 Å². The first-order valence-corrected chi connectivity index (χ1v) is 8.11. The molecule has 2 rings (SSSR count). The number of hydrogen-bond acceptors (Lipinski definition) is 1. The van der Waals surface area contributed by atoms with Crippen molar-refractivity contribution in [2.45, 2.75) is 6.92 Å². The van der Waals surface area contributed by atoms with Crippen molar-refractivity contribution in [3.05, 3.63) is 27.7 Å². The Morgan fingerprint density at radius 3 is 2.53 bits per heavy atom. The van der Waals surface area contributed by atoms with E-state index in [1.807, 2.05) is 18.2 Å². The first-order chi connectivity index (χ1) is 9.19. The van der Waals surface area contributed by atoms with Crippen molar-refractivity contribution in [1.82, 2.24) is 0 Å². The fourth-order valence-corrected chi connectivity index (χ4v) is 3.26. The molecule has 0 radical (unpaired) electrons. The second kappa shape index (κ2) is 7.48. The predicted octanol–water partition coefficient (Wildman–Crippen LogP) is 0.285. The van der Waals surface area contributed by atoms with Gasteiger partial charge in [-0.3, -0.25) is 0 Å². The molecule has 0 bridgehead atoms. The summed E-state index contributed by atoms with van der Waals surface area (Å²) in [4.78, 5) is 3.38. The standard InChI is InChI=1S/C14H20BrClN2O/c1-2-17-5-7-18(8-6-17)9-10-19-14-4-3-12(16)11-13(14)15/h3-4,11H,2,5-10H2,1H3/p+2. The van der Waals surface area contributed by atoms with Crippen molar-refractivity contribution < 1.29 is 14.5 Å². The van der Waals surface area contributed by atoms with E-state index in [1.165, 1.54) is 32.7 Å². The van der Waals surface area contributed by atoms with Crippen LogP contribution in [0.4, 0.5) is 0 Å². The molecule has 1 aromatic rings. The number of piperazine rings is 1. The normalized spacial score (nSPS) is 23.3. The van der Waals surface area contributed by atoms with E-state index in [9.17, 15) is 0 Å². The van der Waals surface area contributed by atoms with E-state index in [1.54, 1.807) is 9.80 Å². The highest BCUT2D eigenvalue weighted by Gasteiger charge is 2.21. The fourth-order valence-electron chi connectivity index (χ4n) is 2.46. The Labute approximate surface area is 128 Å². The van der Waals surface area contributed by atoms with Crippen molar-refractivity contribution in [1.29, 1.82) is 0 Å². The van der Waals surface area contributed by atoms with E-state index < -0.39 is 0 Å². The molecule has 0 saturated carbocycles. The number of hydrogen-bond donors (Lipinski definition) is 2. The number of benzene rings is 1. The molecular formula is C14H22BrClN2O+2. The number of nitrogens with one attached hydrogen (secondary N) is 2. The van der Waals surface area contributed by atoms with Gasteiger partial charge in [0.1, 0.15) is 45.1 Å². The van der Waals surface area contributed by atoms with E-state index in [2.05, 4.69) is 22.9 Å². The summed E-state index contributed by atoms with van der Waals surface area (Å²) in [6, 6.07) is 5.64. The van der Waals surface area contributed by atoms with E-state index in [0.717, 1.165) is 28.4 Å². The highest BCUT2D eigenvalue weighted by Crippen LogP contribution is 2.27. The van der Waals surface area contributed by atoms with Crippen molar-refractivity contribution >= 4 is 27.5 Å².